The van der Waals surface area contributed by atoms with Crippen LogP contribution in [0.25, 0.3) is 0 Å². The molecule has 0 bridgehead atoms. The van der Waals surface area contributed by atoms with E-state index < -0.39 is 29.7 Å². The Balaban J connectivity index is 2.30. The Morgan fingerprint density at radius 3 is 2.89 bits per heavy atom. The van der Waals surface area contributed by atoms with Gasteiger partial charge >= 0.3 is 5.69 Å². The van der Waals surface area contributed by atoms with E-state index in [0.29, 0.717) is 18.4 Å². The molecule has 18 heavy (non-hydrogen) atoms. The fourth-order valence-corrected chi connectivity index (χ4v) is 2.03. The van der Waals surface area contributed by atoms with E-state index >= 15 is 0 Å². The van der Waals surface area contributed by atoms with Gasteiger partial charge in [0, 0.05) is 11.8 Å². The smallest absolute Gasteiger partial charge is 0.330 e. The summed E-state index contributed by atoms with van der Waals surface area (Å²) >= 11 is 0. The van der Waals surface area contributed by atoms with E-state index in [1.165, 1.54) is 10.8 Å². The van der Waals surface area contributed by atoms with Crippen molar-refractivity contribution in [3.05, 3.63) is 32.6 Å². The predicted octanol–water partition coefficient (Wildman–Crippen LogP) is -1.12. The monoisotopic (exact) mass is 256 g/mol. The van der Waals surface area contributed by atoms with Crippen molar-refractivity contribution in [1.29, 1.82) is 0 Å². The molecule has 100 valence electrons. The lowest BCUT2D eigenvalue weighted by molar-refractivity contribution is -0.160. The summed E-state index contributed by atoms with van der Waals surface area (Å²) in [6.45, 7) is 1.28. The Kier molecular flexibility index (Phi) is 3.65. The average molecular weight is 256 g/mol. The molecule has 2 heterocycles. The fraction of sp³-hybridized carbons (Fsp3) is 0.636. The van der Waals surface area contributed by atoms with Crippen LogP contribution < -0.4 is 11.2 Å². The molecule has 0 spiro atoms. The molecule has 0 aromatic carbocycles. The van der Waals surface area contributed by atoms with Gasteiger partial charge < -0.3 is 14.9 Å². The number of aromatic nitrogens is 2. The second-order valence-electron chi connectivity index (χ2n) is 4.44. The summed E-state index contributed by atoms with van der Waals surface area (Å²) in [5.74, 6) is 0. The Morgan fingerprint density at radius 2 is 2.22 bits per heavy atom. The highest BCUT2D eigenvalue weighted by atomic mass is 16.5. The summed E-state index contributed by atoms with van der Waals surface area (Å²) < 4.78 is 6.73. The van der Waals surface area contributed by atoms with E-state index in [4.69, 9.17) is 9.84 Å². The topological polar surface area (TPSA) is 105 Å². The number of aliphatic hydroxyl groups excluding tert-OH is 2. The molecule has 2 rings (SSSR count). The first-order valence-electron chi connectivity index (χ1n) is 5.79. The maximum absolute atomic E-state index is 11.7. The van der Waals surface area contributed by atoms with Gasteiger partial charge in [0.1, 0.15) is 12.3 Å². The number of aryl methyl sites for hydroxylation is 1. The van der Waals surface area contributed by atoms with Gasteiger partial charge in [0.25, 0.3) is 5.56 Å². The molecular formula is C11H16N2O5. The van der Waals surface area contributed by atoms with Crippen LogP contribution in [0.1, 0.15) is 24.6 Å². The van der Waals surface area contributed by atoms with Crippen molar-refractivity contribution in [2.24, 2.45) is 0 Å². The van der Waals surface area contributed by atoms with Crippen LogP contribution in [0, 0.1) is 6.92 Å². The summed E-state index contributed by atoms with van der Waals surface area (Å²) in [7, 11) is 0. The number of aliphatic hydroxyl groups is 2. The quantitative estimate of drug-likeness (QED) is 0.621. The van der Waals surface area contributed by atoms with Crippen LogP contribution in [0.2, 0.25) is 0 Å². The van der Waals surface area contributed by atoms with E-state index in [2.05, 4.69) is 4.98 Å². The Bertz CT molecular complexity index is 535. The predicted molar refractivity (Wildman–Crippen MR) is 62.3 cm³/mol. The zero-order chi connectivity index (χ0) is 13.3. The second kappa shape index (κ2) is 5.05. The van der Waals surface area contributed by atoms with Crippen LogP contribution in [0.15, 0.2) is 15.8 Å². The third kappa shape index (κ3) is 2.38. The fourth-order valence-electron chi connectivity index (χ4n) is 2.03. The number of H-pyrrole nitrogens is 1. The maximum Gasteiger partial charge on any atom is 0.330 e. The Morgan fingerprint density at radius 1 is 1.50 bits per heavy atom. The van der Waals surface area contributed by atoms with Gasteiger partial charge in [-0.2, -0.15) is 0 Å². The van der Waals surface area contributed by atoms with E-state index in [1.807, 2.05) is 0 Å². The third-order valence-corrected chi connectivity index (χ3v) is 3.11. The molecule has 1 fully saturated rings. The van der Waals surface area contributed by atoms with Gasteiger partial charge in [-0.3, -0.25) is 14.3 Å². The summed E-state index contributed by atoms with van der Waals surface area (Å²) in [6.07, 6.45) is 0.295. The minimum atomic E-state index is -0.731. The highest BCUT2D eigenvalue weighted by molar-refractivity contribution is 5.01. The molecule has 0 radical (unpaired) electrons. The third-order valence-electron chi connectivity index (χ3n) is 3.11. The van der Waals surface area contributed by atoms with Crippen LogP contribution >= 0.6 is 0 Å². The molecule has 1 aromatic heterocycles. The Labute approximate surface area is 103 Å². The lowest BCUT2D eigenvalue weighted by Crippen LogP contribution is -2.43. The minimum Gasteiger partial charge on any atom is -0.394 e. The van der Waals surface area contributed by atoms with Gasteiger partial charge in [-0.1, -0.05) is 0 Å². The number of hydrogen-bond donors (Lipinski definition) is 3. The summed E-state index contributed by atoms with van der Waals surface area (Å²) in [5.41, 5.74) is -0.570. The molecule has 1 aliphatic heterocycles. The van der Waals surface area contributed by atoms with Gasteiger partial charge in [-0.05, 0) is 19.8 Å². The highest BCUT2D eigenvalue weighted by Crippen LogP contribution is 2.25. The zero-order valence-corrected chi connectivity index (χ0v) is 10.00. The van der Waals surface area contributed by atoms with E-state index in [1.54, 1.807) is 6.92 Å². The van der Waals surface area contributed by atoms with Crippen LogP contribution in [0.5, 0.6) is 0 Å². The van der Waals surface area contributed by atoms with Gasteiger partial charge in [-0.15, -0.1) is 0 Å². The molecule has 7 heteroatoms. The van der Waals surface area contributed by atoms with Crippen molar-refractivity contribution in [2.45, 2.75) is 38.2 Å². The van der Waals surface area contributed by atoms with Crippen molar-refractivity contribution < 1.29 is 14.9 Å². The normalized spacial score (nSPS) is 28.3. The highest BCUT2D eigenvalue weighted by Gasteiger charge is 2.30. The van der Waals surface area contributed by atoms with E-state index in [9.17, 15) is 14.7 Å². The number of hydrogen-bond acceptors (Lipinski definition) is 5. The zero-order valence-electron chi connectivity index (χ0n) is 10.00. The van der Waals surface area contributed by atoms with Crippen LogP contribution in [-0.2, 0) is 4.74 Å². The first-order valence-corrected chi connectivity index (χ1v) is 5.79. The largest absolute Gasteiger partial charge is 0.394 e. The van der Waals surface area contributed by atoms with E-state index in [0.717, 1.165) is 0 Å². The number of ether oxygens (including phenoxy) is 1. The molecule has 1 saturated heterocycles. The number of nitrogens with zero attached hydrogens (tertiary/aromatic N) is 1. The lowest BCUT2D eigenvalue weighted by atomic mass is 10.0. The molecular weight excluding hydrogens is 240 g/mol. The van der Waals surface area contributed by atoms with E-state index in [-0.39, 0.29) is 6.61 Å². The molecule has 7 nitrogen and oxygen atoms in total. The number of rotatable bonds is 2. The average Bonchev–Trinajstić information content (AvgIpc) is 2.35. The standard InChI is InChI=1S/C11H16N2O5/c1-6-4-13(11(17)12-10(6)16)9-3-2-7(15)8(5-14)18-9/h4,7-9,14-15H,2-3,5H2,1H3,(H,12,16,17)/t7-,8+,9-/m0/s1. The van der Waals surface area contributed by atoms with Gasteiger partial charge in [0.2, 0.25) is 0 Å². The van der Waals surface area contributed by atoms with Crippen LogP contribution in [-0.4, -0.2) is 38.6 Å². The summed E-state index contributed by atoms with van der Waals surface area (Å²) in [6, 6.07) is 0. The molecule has 0 saturated carbocycles. The summed E-state index contributed by atoms with van der Waals surface area (Å²) in [4.78, 5) is 25.1. The molecule has 0 amide bonds. The SMILES string of the molecule is Cc1cn([C@@H]2CC[C@H](O)[C@@H](CO)O2)c(=O)[nH]c1=O. The first kappa shape index (κ1) is 13.0. The van der Waals surface area contributed by atoms with Gasteiger partial charge in [0.15, 0.2) is 0 Å². The molecule has 3 N–H and O–H groups in total. The van der Waals surface area contributed by atoms with Crippen molar-refractivity contribution in [2.75, 3.05) is 6.61 Å². The minimum absolute atomic E-state index is 0.311. The van der Waals surface area contributed by atoms with Crippen molar-refractivity contribution >= 4 is 0 Å². The summed E-state index contributed by atoms with van der Waals surface area (Å²) in [5, 5.41) is 18.6. The van der Waals surface area contributed by atoms with Gasteiger partial charge in [0.05, 0.1) is 12.7 Å². The van der Waals surface area contributed by atoms with Crippen molar-refractivity contribution in [3.63, 3.8) is 0 Å². The van der Waals surface area contributed by atoms with Gasteiger partial charge in [-0.25, -0.2) is 4.79 Å². The number of nitrogens with one attached hydrogen (secondary N) is 1. The molecule has 0 unspecified atom stereocenters. The maximum atomic E-state index is 11.7. The Hall–Kier alpha value is -1.44. The lowest BCUT2D eigenvalue weighted by Gasteiger charge is -2.33. The second-order valence-corrected chi connectivity index (χ2v) is 4.44. The van der Waals surface area contributed by atoms with Crippen molar-refractivity contribution in [3.8, 4) is 0 Å². The van der Waals surface area contributed by atoms with Crippen molar-refractivity contribution in [1.82, 2.24) is 9.55 Å². The van der Waals surface area contributed by atoms with Crippen LogP contribution in [0.3, 0.4) is 0 Å². The molecule has 3 atom stereocenters. The van der Waals surface area contributed by atoms with Crippen LogP contribution in [0.4, 0.5) is 0 Å². The molecule has 1 aromatic rings. The molecule has 0 aliphatic carbocycles. The number of aromatic amines is 1. The first-order chi connectivity index (χ1) is 8.52. The molecule has 1 aliphatic rings.